The molecule has 100 valence electrons. The first kappa shape index (κ1) is 13.4. The second-order valence-corrected chi connectivity index (χ2v) is 5.11. The lowest BCUT2D eigenvalue weighted by atomic mass is 9.98. The maximum absolute atomic E-state index is 5.47. The highest BCUT2D eigenvalue weighted by molar-refractivity contribution is 5.30. The molecule has 0 amide bonds. The van der Waals surface area contributed by atoms with E-state index in [1.54, 1.807) is 7.11 Å². The number of fused-ring (bicyclic) bond motifs is 1. The SMILES string of the molecule is CCC(OC)c1nc2c(c(C(C)C)n1)CNCC2. The van der Waals surface area contributed by atoms with Crippen molar-refractivity contribution in [3.05, 3.63) is 22.8 Å². The molecule has 0 fully saturated rings. The van der Waals surface area contributed by atoms with Gasteiger partial charge in [-0.2, -0.15) is 0 Å². The van der Waals surface area contributed by atoms with Gasteiger partial charge in [-0.3, -0.25) is 0 Å². The van der Waals surface area contributed by atoms with Crippen molar-refractivity contribution in [1.29, 1.82) is 0 Å². The maximum atomic E-state index is 5.47. The van der Waals surface area contributed by atoms with Gasteiger partial charge in [-0.25, -0.2) is 9.97 Å². The van der Waals surface area contributed by atoms with Crippen molar-refractivity contribution in [2.24, 2.45) is 0 Å². The molecule has 0 radical (unpaired) electrons. The zero-order valence-corrected chi connectivity index (χ0v) is 11.8. The lowest BCUT2D eigenvalue weighted by Crippen LogP contribution is -2.28. The van der Waals surface area contributed by atoms with Crippen LogP contribution < -0.4 is 5.32 Å². The molecule has 0 aromatic carbocycles. The van der Waals surface area contributed by atoms with E-state index in [1.165, 1.54) is 17.0 Å². The van der Waals surface area contributed by atoms with Crippen LogP contribution in [0.3, 0.4) is 0 Å². The zero-order valence-electron chi connectivity index (χ0n) is 11.8. The molecule has 18 heavy (non-hydrogen) atoms. The van der Waals surface area contributed by atoms with Crippen LogP contribution in [-0.4, -0.2) is 23.6 Å². The van der Waals surface area contributed by atoms with Gasteiger partial charge in [0.2, 0.25) is 0 Å². The summed E-state index contributed by atoms with van der Waals surface area (Å²) in [4.78, 5) is 9.47. The highest BCUT2D eigenvalue weighted by atomic mass is 16.5. The Kier molecular flexibility index (Phi) is 4.30. The summed E-state index contributed by atoms with van der Waals surface area (Å²) in [5.41, 5.74) is 3.68. The van der Waals surface area contributed by atoms with E-state index >= 15 is 0 Å². The largest absolute Gasteiger partial charge is 0.373 e. The molecule has 0 saturated heterocycles. The molecule has 0 aliphatic carbocycles. The Bertz CT molecular complexity index is 414. The van der Waals surface area contributed by atoms with Gasteiger partial charge < -0.3 is 10.1 Å². The molecule has 0 saturated carbocycles. The number of hydrogen-bond acceptors (Lipinski definition) is 4. The molecule has 4 heteroatoms. The minimum atomic E-state index is 0.0164. The minimum Gasteiger partial charge on any atom is -0.373 e. The zero-order chi connectivity index (χ0) is 13.1. The second kappa shape index (κ2) is 5.76. The van der Waals surface area contributed by atoms with Crippen molar-refractivity contribution < 1.29 is 4.74 Å². The highest BCUT2D eigenvalue weighted by Crippen LogP contribution is 2.26. The van der Waals surface area contributed by atoms with Gasteiger partial charge in [-0.15, -0.1) is 0 Å². The van der Waals surface area contributed by atoms with Gasteiger partial charge in [0.05, 0.1) is 11.4 Å². The van der Waals surface area contributed by atoms with Gasteiger partial charge in [0, 0.05) is 32.2 Å². The van der Waals surface area contributed by atoms with Crippen molar-refractivity contribution in [3.63, 3.8) is 0 Å². The van der Waals surface area contributed by atoms with E-state index in [9.17, 15) is 0 Å². The summed E-state index contributed by atoms with van der Waals surface area (Å²) in [6, 6.07) is 0. The van der Waals surface area contributed by atoms with E-state index < -0.39 is 0 Å². The molecule has 0 bridgehead atoms. The molecular weight excluding hydrogens is 226 g/mol. The topological polar surface area (TPSA) is 47.0 Å². The number of nitrogens with one attached hydrogen (secondary N) is 1. The Morgan fingerprint density at radius 1 is 1.33 bits per heavy atom. The minimum absolute atomic E-state index is 0.0164. The maximum Gasteiger partial charge on any atom is 0.157 e. The summed E-state index contributed by atoms with van der Waals surface area (Å²) in [6.07, 6.45) is 1.91. The number of methoxy groups -OCH3 is 1. The number of nitrogens with zero attached hydrogens (tertiary/aromatic N) is 2. The molecule has 1 atom stereocenters. The molecule has 2 rings (SSSR count). The van der Waals surface area contributed by atoms with Crippen molar-refractivity contribution in [2.75, 3.05) is 13.7 Å². The highest BCUT2D eigenvalue weighted by Gasteiger charge is 2.22. The van der Waals surface area contributed by atoms with Crippen LogP contribution in [-0.2, 0) is 17.7 Å². The van der Waals surface area contributed by atoms with E-state index in [2.05, 4.69) is 26.1 Å². The molecule has 1 aliphatic rings. The second-order valence-electron chi connectivity index (χ2n) is 5.11. The smallest absolute Gasteiger partial charge is 0.157 e. The average Bonchev–Trinajstić information content (AvgIpc) is 2.39. The van der Waals surface area contributed by atoms with E-state index in [0.29, 0.717) is 5.92 Å². The lowest BCUT2D eigenvalue weighted by Gasteiger charge is -2.23. The van der Waals surface area contributed by atoms with Crippen LogP contribution in [0.1, 0.15) is 62.0 Å². The number of aromatic nitrogens is 2. The predicted octanol–water partition coefficient (Wildman–Crippen LogP) is 2.34. The normalized spacial score (nSPS) is 16.7. The Morgan fingerprint density at radius 3 is 2.72 bits per heavy atom. The lowest BCUT2D eigenvalue weighted by molar-refractivity contribution is 0.0920. The Morgan fingerprint density at radius 2 is 2.11 bits per heavy atom. The summed E-state index contributed by atoms with van der Waals surface area (Å²) in [5, 5.41) is 3.40. The van der Waals surface area contributed by atoms with Crippen LogP contribution in [0.5, 0.6) is 0 Å². The molecule has 4 nitrogen and oxygen atoms in total. The van der Waals surface area contributed by atoms with Crippen molar-refractivity contribution in [3.8, 4) is 0 Å². The Labute approximate surface area is 109 Å². The summed E-state index contributed by atoms with van der Waals surface area (Å²) >= 11 is 0. The van der Waals surface area contributed by atoms with Crippen molar-refractivity contribution >= 4 is 0 Å². The summed E-state index contributed by atoms with van der Waals surface area (Å²) < 4.78 is 5.47. The van der Waals surface area contributed by atoms with Gasteiger partial charge in [-0.1, -0.05) is 20.8 Å². The van der Waals surface area contributed by atoms with Crippen LogP contribution in [0.15, 0.2) is 0 Å². The number of ether oxygens (including phenoxy) is 1. The van der Waals surface area contributed by atoms with Gasteiger partial charge in [0.15, 0.2) is 5.82 Å². The predicted molar refractivity (Wildman–Crippen MR) is 71.6 cm³/mol. The molecule has 2 heterocycles. The number of hydrogen-bond donors (Lipinski definition) is 1. The van der Waals surface area contributed by atoms with Crippen molar-refractivity contribution in [2.45, 2.75) is 52.2 Å². The van der Waals surface area contributed by atoms with Gasteiger partial charge >= 0.3 is 0 Å². The summed E-state index contributed by atoms with van der Waals surface area (Å²) in [7, 11) is 1.73. The Balaban J connectivity index is 2.47. The van der Waals surface area contributed by atoms with Crippen LogP contribution in [0.25, 0.3) is 0 Å². The van der Waals surface area contributed by atoms with E-state index in [1.807, 2.05) is 0 Å². The molecule has 1 aromatic heterocycles. The monoisotopic (exact) mass is 249 g/mol. The average molecular weight is 249 g/mol. The van der Waals surface area contributed by atoms with Crippen LogP contribution in [0.2, 0.25) is 0 Å². The summed E-state index contributed by atoms with van der Waals surface area (Å²) in [5.74, 6) is 1.28. The molecule has 1 aliphatic heterocycles. The third-order valence-corrected chi connectivity index (χ3v) is 3.47. The first-order valence-electron chi connectivity index (χ1n) is 6.80. The fourth-order valence-electron chi connectivity index (χ4n) is 2.47. The van der Waals surface area contributed by atoms with Crippen LogP contribution in [0.4, 0.5) is 0 Å². The molecule has 1 unspecified atom stereocenters. The van der Waals surface area contributed by atoms with Gasteiger partial charge in [0.1, 0.15) is 6.10 Å². The first-order valence-corrected chi connectivity index (χ1v) is 6.80. The Hall–Kier alpha value is -1.00. The molecular formula is C14H23N3O. The van der Waals surface area contributed by atoms with E-state index in [-0.39, 0.29) is 6.10 Å². The van der Waals surface area contributed by atoms with Gasteiger partial charge in [-0.05, 0) is 12.3 Å². The third kappa shape index (κ3) is 2.54. The van der Waals surface area contributed by atoms with Crippen molar-refractivity contribution in [1.82, 2.24) is 15.3 Å². The van der Waals surface area contributed by atoms with Crippen LogP contribution >= 0.6 is 0 Å². The standard InChI is InChI=1S/C14H23N3O/c1-5-12(18-4)14-16-11-6-7-15-8-10(11)13(17-14)9(2)3/h9,12,15H,5-8H2,1-4H3. The molecule has 0 spiro atoms. The fraction of sp³-hybridized carbons (Fsp3) is 0.714. The number of rotatable bonds is 4. The summed E-state index contributed by atoms with van der Waals surface area (Å²) in [6.45, 7) is 8.38. The molecule has 1 aromatic rings. The van der Waals surface area contributed by atoms with E-state index in [0.717, 1.165) is 31.8 Å². The van der Waals surface area contributed by atoms with E-state index in [4.69, 9.17) is 14.7 Å². The van der Waals surface area contributed by atoms with Gasteiger partial charge in [0.25, 0.3) is 0 Å². The quantitative estimate of drug-likeness (QED) is 0.889. The first-order chi connectivity index (χ1) is 8.67. The molecule has 1 N–H and O–H groups in total. The fourth-order valence-corrected chi connectivity index (χ4v) is 2.47. The third-order valence-electron chi connectivity index (χ3n) is 3.47. The van der Waals surface area contributed by atoms with Crippen LogP contribution in [0, 0.1) is 0 Å².